The Hall–Kier alpha value is -2.63. The number of hydrogen-bond acceptors (Lipinski definition) is 5. The Labute approximate surface area is 116 Å². The van der Waals surface area contributed by atoms with E-state index in [1.807, 2.05) is 18.2 Å². The molecule has 1 aromatic carbocycles. The second-order valence-corrected chi connectivity index (χ2v) is 4.66. The van der Waals surface area contributed by atoms with Crippen LogP contribution in [-0.4, -0.2) is 16.5 Å². The van der Waals surface area contributed by atoms with Crippen molar-refractivity contribution in [3.8, 4) is 0 Å². The van der Waals surface area contributed by atoms with Gasteiger partial charge >= 0.3 is 5.82 Å². The van der Waals surface area contributed by atoms with Crippen LogP contribution >= 0.6 is 0 Å². The van der Waals surface area contributed by atoms with E-state index in [1.165, 1.54) is 11.8 Å². The molecule has 0 radical (unpaired) electrons. The minimum atomic E-state index is -0.484. The van der Waals surface area contributed by atoms with Gasteiger partial charge in [-0.2, -0.15) is 0 Å². The number of nitrogens with zero attached hydrogens (tertiary/aromatic N) is 2. The molecule has 0 saturated heterocycles. The highest BCUT2D eigenvalue weighted by atomic mass is 16.6. The number of hydrogen-bond donors (Lipinski definition) is 2. The Balaban J connectivity index is 1.90. The average Bonchev–Trinajstić information content (AvgIpc) is 2.47. The summed E-state index contributed by atoms with van der Waals surface area (Å²) in [5.74, 6) is -0.164. The molecule has 1 aliphatic rings. The van der Waals surface area contributed by atoms with Crippen LogP contribution in [0.3, 0.4) is 0 Å². The molecule has 0 unspecified atom stereocenters. The maximum Gasteiger partial charge on any atom is 0.387 e. The third-order valence-corrected chi connectivity index (χ3v) is 3.28. The number of anilines is 3. The molecule has 3 rings (SSSR count). The molecule has 6 nitrogen and oxygen atoms in total. The Bertz CT molecular complexity index is 657. The van der Waals surface area contributed by atoms with Crippen LogP contribution in [0.25, 0.3) is 0 Å². The minimum absolute atomic E-state index is 0.164. The first kappa shape index (κ1) is 12.4. The number of aromatic nitrogens is 1. The Morgan fingerprint density at radius 3 is 3.10 bits per heavy atom. The van der Waals surface area contributed by atoms with Crippen LogP contribution in [0.4, 0.5) is 22.9 Å². The summed E-state index contributed by atoms with van der Waals surface area (Å²) < 4.78 is 0. The topological polar surface area (TPSA) is 80.1 Å². The van der Waals surface area contributed by atoms with Gasteiger partial charge in [-0.1, -0.05) is 0 Å². The number of nitrogens with one attached hydrogen (secondary N) is 2. The SMILES string of the molecule is O=[N+]([O-])c1ncccc1Nc1ccc2c(c1)CCCN2. The Kier molecular flexibility index (Phi) is 3.20. The van der Waals surface area contributed by atoms with E-state index >= 15 is 0 Å². The Morgan fingerprint density at radius 2 is 2.25 bits per heavy atom. The van der Waals surface area contributed by atoms with Gasteiger partial charge in [0.25, 0.3) is 0 Å². The normalized spacial score (nSPS) is 13.2. The number of rotatable bonds is 3. The molecule has 1 aromatic heterocycles. The summed E-state index contributed by atoms with van der Waals surface area (Å²) in [6.07, 6.45) is 3.54. The van der Waals surface area contributed by atoms with Gasteiger partial charge in [0.15, 0.2) is 0 Å². The molecule has 1 aliphatic heterocycles. The summed E-state index contributed by atoms with van der Waals surface area (Å²) in [7, 11) is 0. The van der Waals surface area contributed by atoms with E-state index in [9.17, 15) is 10.1 Å². The van der Waals surface area contributed by atoms with Crippen LogP contribution in [0.1, 0.15) is 12.0 Å². The van der Waals surface area contributed by atoms with Crippen LogP contribution in [0.2, 0.25) is 0 Å². The molecule has 0 bridgehead atoms. The zero-order valence-corrected chi connectivity index (χ0v) is 10.8. The van der Waals surface area contributed by atoms with E-state index in [4.69, 9.17) is 0 Å². The molecule has 0 spiro atoms. The van der Waals surface area contributed by atoms with Crippen molar-refractivity contribution in [3.63, 3.8) is 0 Å². The first-order chi connectivity index (χ1) is 9.74. The molecular formula is C14H14N4O2. The van der Waals surface area contributed by atoms with E-state index in [1.54, 1.807) is 12.1 Å². The standard InChI is InChI=1S/C14H14N4O2/c19-18(20)14-13(4-2-8-16-14)17-11-5-6-12-10(9-11)3-1-7-15-12/h2,4-6,8-9,15,17H,1,3,7H2. The van der Waals surface area contributed by atoms with E-state index in [2.05, 4.69) is 15.6 Å². The smallest absolute Gasteiger partial charge is 0.385 e. The molecule has 2 heterocycles. The van der Waals surface area contributed by atoms with E-state index in [-0.39, 0.29) is 5.82 Å². The van der Waals surface area contributed by atoms with Crippen molar-refractivity contribution in [1.29, 1.82) is 0 Å². The summed E-state index contributed by atoms with van der Waals surface area (Å²) in [6, 6.07) is 9.27. The zero-order valence-electron chi connectivity index (χ0n) is 10.8. The molecular weight excluding hydrogens is 256 g/mol. The van der Waals surface area contributed by atoms with E-state index in [0.29, 0.717) is 5.69 Å². The molecule has 6 heteroatoms. The molecule has 0 amide bonds. The van der Waals surface area contributed by atoms with Crippen molar-refractivity contribution < 1.29 is 4.92 Å². The van der Waals surface area contributed by atoms with Gasteiger partial charge in [0.2, 0.25) is 0 Å². The number of benzene rings is 1. The molecule has 0 saturated carbocycles. The van der Waals surface area contributed by atoms with Gasteiger partial charge in [0.1, 0.15) is 11.9 Å². The number of pyridine rings is 1. The van der Waals surface area contributed by atoms with Gasteiger partial charge in [-0.25, -0.2) is 0 Å². The lowest BCUT2D eigenvalue weighted by atomic mass is 10.0. The third-order valence-electron chi connectivity index (χ3n) is 3.28. The fourth-order valence-electron chi connectivity index (χ4n) is 2.35. The highest BCUT2D eigenvalue weighted by Crippen LogP contribution is 2.29. The second-order valence-electron chi connectivity index (χ2n) is 4.66. The first-order valence-corrected chi connectivity index (χ1v) is 6.47. The van der Waals surface area contributed by atoms with Crippen LogP contribution < -0.4 is 10.6 Å². The second kappa shape index (κ2) is 5.16. The highest BCUT2D eigenvalue weighted by Gasteiger charge is 2.15. The quantitative estimate of drug-likeness (QED) is 0.661. The molecule has 0 fully saturated rings. The number of fused-ring (bicyclic) bond motifs is 1. The summed E-state index contributed by atoms with van der Waals surface area (Å²) in [5.41, 5.74) is 3.61. The summed E-state index contributed by atoms with van der Waals surface area (Å²) in [5, 5.41) is 17.3. The van der Waals surface area contributed by atoms with Crippen LogP contribution in [0, 0.1) is 10.1 Å². The van der Waals surface area contributed by atoms with Crippen LogP contribution in [0.15, 0.2) is 36.5 Å². The van der Waals surface area contributed by atoms with Gasteiger partial charge in [-0.3, -0.25) is 0 Å². The lowest BCUT2D eigenvalue weighted by molar-refractivity contribution is -0.388. The summed E-state index contributed by atoms with van der Waals surface area (Å²) >= 11 is 0. The first-order valence-electron chi connectivity index (χ1n) is 6.47. The van der Waals surface area contributed by atoms with Gasteiger partial charge in [0, 0.05) is 17.9 Å². The highest BCUT2D eigenvalue weighted by molar-refractivity contribution is 5.70. The van der Waals surface area contributed by atoms with Crippen molar-refractivity contribution in [1.82, 2.24) is 4.98 Å². The molecule has 102 valence electrons. The van der Waals surface area contributed by atoms with Gasteiger partial charge < -0.3 is 20.7 Å². The third kappa shape index (κ3) is 2.40. The molecule has 0 aliphatic carbocycles. The fourth-order valence-corrected chi connectivity index (χ4v) is 2.35. The zero-order chi connectivity index (χ0) is 13.9. The molecule has 0 atom stereocenters. The lowest BCUT2D eigenvalue weighted by Crippen LogP contribution is -2.11. The van der Waals surface area contributed by atoms with E-state index < -0.39 is 4.92 Å². The average molecular weight is 270 g/mol. The van der Waals surface area contributed by atoms with Crippen molar-refractivity contribution in [3.05, 3.63) is 52.2 Å². The monoisotopic (exact) mass is 270 g/mol. The van der Waals surface area contributed by atoms with Gasteiger partial charge in [-0.15, -0.1) is 0 Å². The van der Waals surface area contributed by atoms with Crippen LogP contribution in [0.5, 0.6) is 0 Å². The van der Waals surface area contributed by atoms with E-state index in [0.717, 1.165) is 30.8 Å². The number of nitro groups is 1. The van der Waals surface area contributed by atoms with Crippen molar-refractivity contribution in [2.75, 3.05) is 17.2 Å². The summed E-state index contributed by atoms with van der Waals surface area (Å²) in [4.78, 5) is 14.2. The van der Waals surface area contributed by atoms with Crippen molar-refractivity contribution in [2.45, 2.75) is 12.8 Å². The maximum absolute atomic E-state index is 10.9. The predicted octanol–water partition coefficient (Wildman–Crippen LogP) is 3.09. The van der Waals surface area contributed by atoms with Gasteiger partial charge in [-0.05, 0) is 58.6 Å². The molecule has 20 heavy (non-hydrogen) atoms. The predicted molar refractivity (Wildman–Crippen MR) is 77.4 cm³/mol. The fraction of sp³-hybridized carbons (Fsp3) is 0.214. The number of aryl methyl sites for hydroxylation is 1. The minimum Gasteiger partial charge on any atom is -0.385 e. The molecule has 2 aromatic rings. The summed E-state index contributed by atoms with van der Waals surface area (Å²) in [6.45, 7) is 0.994. The van der Waals surface area contributed by atoms with Crippen LogP contribution in [-0.2, 0) is 6.42 Å². The lowest BCUT2D eigenvalue weighted by Gasteiger charge is -2.19. The molecule has 2 N–H and O–H groups in total. The van der Waals surface area contributed by atoms with Crippen molar-refractivity contribution >= 4 is 22.9 Å². The largest absolute Gasteiger partial charge is 0.387 e. The maximum atomic E-state index is 10.9. The van der Waals surface area contributed by atoms with Crippen molar-refractivity contribution in [2.24, 2.45) is 0 Å². The van der Waals surface area contributed by atoms with Gasteiger partial charge in [0.05, 0.1) is 0 Å². The Morgan fingerprint density at radius 1 is 1.35 bits per heavy atom.